The number of para-hydroxylation sites is 1. The van der Waals surface area contributed by atoms with Gasteiger partial charge < -0.3 is 9.84 Å². The van der Waals surface area contributed by atoms with Gasteiger partial charge in [-0.2, -0.15) is 0 Å². The first-order chi connectivity index (χ1) is 8.16. The fraction of sp³-hybridized carbons (Fsp3) is 0.200. The molecule has 2 aromatic carbocycles. The molecule has 0 aliphatic rings. The molecule has 0 heterocycles. The Balaban J connectivity index is 2.17. The molecule has 0 saturated heterocycles. The second-order valence-electron chi connectivity index (χ2n) is 4.11. The molecule has 2 aromatic rings. The van der Waals surface area contributed by atoms with Gasteiger partial charge in [-0.25, -0.2) is 0 Å². The lowest BCUT2D eigenvalue weighted by Crippen LogP contribution is -1.91. The molecule has 0 bridgehead atoms. The summed E-state index contributed by atoms with van der Waals surface area (Å²) >= 11 is 0. The van der Waals surface area contributed by atoms with Gasteiger partial charge in [0.1, 0.15) is 11.5 Å². The molecular formula is C15H16O2. The van der Waals surface area contributed by atoms with Crippen LogP contribution in [0, 0.1) is 6.92 Å². The molecule has 0 aromatic heterocycles. The maximum Gasteiger partial charge on any atom is 0.130 e. The number of aliphatic hydroxyl groups is 1. The van der Waals surface area contributed by atoms with Crippen molar-refractivity contribution in [3.05, 3.63) is 59.7 Å². The van der Waals surface area contributed by atoms with Crippen molar-refractivity contribution >= 4 is 0 Å². The van der Waals surface area contributed by atoms with Crippen LogP contribution < -0.4 is 4.74 Å². The second kappa shape index (κ2) is 5.02. The molecule has 2 rings (SSSR count). The van der Waals surface area contributed by atoms with Crippen molar-refractivity contribution in [2.75, 3.05) is 0 Å². The average Bonchev–Trinajstić information content (AvgIpc) is 2.33. The lowest BCUT2D eigenvalue weighted by molar-refractivity contribution is 0.199. The minimum atomic E-state index is -0.442. The summed E-state index contributed by atoms with van der Waals surface area (Å²) in [5.41, 5.74) is 1.99. The lowest BCUT2D eigenvalue weighted by atomic mass is 10.1. The Morgan fingerprint density at radius 2 is 1.65 bits per heavy atom. The first-order valence-corrected chi connectivity index (χ1v) is 5.68. The number of aliphatic hydroxyl groups excluding tert-OH is 1. The summed E-state index contributed by atoms with van der Waals surface area (Å²) in [7, 11) is 0. The molecule has 17 heavy (non-hydrogen) atoms. The number of hydrogen-bond donors (Lipinski definition) is 1. The van der Waals surface area contributed by atoms with E-state index < -0.39 is 6.10 Å². The molecule has 0 aliphatic carbocycles. The zero-order valence-electron chi connectivity index (χ0n) is 10.1. The zero-order chi connectivity index (χ0) is 12.3. The summed E-state index contributed by atoms with van der Waals surface area (Å²) in [4.78, 5) is 0. The highest BCUT2D eigenvalue weighted by atomic mass is 16.5. The smallest absolute Gasteiger partial charge is 0.130 e. The van der Waals surface area contributed by atoms with Gasteiger partial charge in [-0.3, -0.25) is 0 Å². The highest BCUT2D eigenvalue weighted by Crippen LogP contribution is 2.25. The van der Waals surface area contributed by atoms with Crippen molar-refractivity contribution in [1.29, 1.82) is 0 Å². The summed E-state index contributed by atoms with van der Waals surface area (Å²) in [5.74, 6) is 1.64. The van der Waals surface area contributed by atoms with Crippen LogP contribution in [-0.2, 0) is 0 Å². The first-order valence-electron chi connectivity index (χ1n) is 5.68. The Kier molecular flexibility index (Phi) is 3.45. The van der Waals surface area contributed by atoms with Crippen molar-refractivity contribution in [3.8, 4) is 11.5 Å². The van der Waals surface area contributed by atoms with E-state index in [-0.39, 0.29) is 0 Å². The third kappa shape index (κ3) is 2.86. The average molecular weight is 228 g/mol. The van der Waals surface area contributed by atoms with E-state index >= 15 is 0 Å². The molecule has 0 radical (unpaired) electrons. The molecule has 1 unspecified atom stereocenters. The third-order valence-electron chi connectivity index (χ3n) is 2.68. The van der Waals surface area contributed by atoms with E-state index in [1.165, 1.54) is 0 Å². The Labute approximate surface area is 101 Å². The minimum absolute atomic E-state index is 0.442. The van der Waals surface area contributed by atoms with Crippen LogP contribution >= 0.6 is 0 Å². The predicted molar refractivity (Wildman–Crippen MR) is 68.3 cm³/mol. The van der Waals surface area contributed by atoms with Crippen LogP contribution in [0.5, 0.6) is 11.5 Å². The van der Waals surface area contributed by atoms with Gasteiger partial charge in [-0.15, -0.1) is 0 Å². The van der Waals surface area contributed by atoms with Crippen LogP contribution in [0.25, 0.3) is 0 Å². The Morgan fingerprint density at radius 1 is 1.00 bits per heavy atom. The predicted octanol–water partition coefficient (Wildman–Crippen LogP) is 3.84. The molecule has 0 spiro atoms. The number of benzene rings is 2. The Morgan fingerprint density at radius 3 is 2.24 bits per heavy atom. The number of ether oxygens (including phenoxy) is 1. The maximum absolute atomic E-state index is 9.41. The van der Waals surface area contributed by atoms with Gasteiger partial charge >= 0.3 is 0 Å². The van der Waals surface area contributed by atoms with Gasteiger partial charge in [-0.1, -0.05) is 30.3 Å². The van der Waals surface area contributed by atoms with Crippen molar-refractivity contribution in [3.63, 3.8) is 0 Å². The molecule has 0 saturated carbocycles. The van der Waals surface area contributed by atoms with Gasteiger partial charge in [0.2, 0.25) is 0 Å². The molecule has 1 atom stereocenters. The SMILES string of the molecule is Cc1ccccc1Oc1ccc(C(C)O)cc1. The van der Waals surface area contributed by atoms with Crippen LogP contribution in [0.2, 0.25) is 0 Å². The largest absolute Gasteiger partial charge is 0.457 e. The zero-order valence-corrected chi connectivity index (χ0v) is 10.1. The fourth-order valence-electron chi connectivity index (χ4n) is 1.61. The van der Waals surface area contributed by atoms with E-state index in [4.69, 9.17) is 4.74 Å². The first kappa shape index (κ1) is 11.7. The number of rotatable bonds is 3. The number of hydrogen-bond acceptors (Lipinski definition) is 2. The van der Waals surface area contributed by atoms with Crippen LogP contribution in [-0.4, -0.2) is 5.11 Å². The molecule has 2 nitrogen and oxygen atoms in total. The van der Waals surface area contributed by atoms with Crippen LogP contribution in [0.1, 0.15) is 24.2 Å². The second-order valence-corrected chi connectivity index (χ2v) is 4.11. The summed E-state index contributed by atoms with van der Waals surface area (Å²) in [6.45, 7) is 3.76. The Bertz CT molecular complexity index is 487. The van der Waals surface area contributed by atoms with E-state index in [0.717, 1.165) is 22.6 Å². The fourth-order valence-corrected chi connectivity index (χ4v) is 1.61. The molecular weight excluding hydrogens is 212 g/mol. The maximum atomic E-state index is 9.41. The summed E-state index contributed by atoms with van der Waals surface area (Å²) in [6.07, 6.45) is -0.442. The standard InChI is InChI=1S/C15H16O2/c1-11-5-3-4-6-15(11)17-14-9-7-13(8-10-14)12(2)16/h3-10,12,16H,1-2H3. The molecule has 0 fully saturated rings. The molecule has 0 aliphatic heterocycles. The monoisotopic (exact) mass is 228 g/mol. The van der Waals surface area contributed by atoms with Gasteiger partial charge in [0, 0.05) is 0 Å². The van der Waals surface area contributed by atoms with E-state index in [9.17, 15) is 5.11 Å². The summed E-state index contributed by atoms with van der Waals surface area (Å²) in [5, 5.41) is 9.41. The Hall–Kier alpha value is -1.80. The van der Waals surface area contributed by atoms with E-state index in [0.29, 0.717) is 0 Å². The van der Waals surface area contributed by atoms with Crippen molar-refractivity contribution < 1.29 is 9.84 Å². The normalized spacial score (nSPS) is 12.2. The van der Waals surface area contributed by atoms with Crippen LogP contribution in [0.3, 0.4) is 0 Å². The van der Waals surface area contributed by atoms with E-state index in [1.54, 1.807) is 6.92 Å². The molecule has 0 amide bonds. The van der Waals surface area contributed by atoms with E-state index in [1.807, 2.05) is 55.5 Å². The highest BCUT2D eigenvalue weighted by molar-refractivity contribution is 5.37. The summed E-state index contributed by atoms with van der Waals surface area (Å²) < 4.78 is 5.76. The quantitative estimate of drug-likeness (QED) is 0.864. The van der Waals surface area contributed by atoms with Gasteiger partial charge in [0.25, 0.3) is 0 Å². The lowest BCUT2D eigenvalue weighted by Gasteiger charge is -2.09. The third-order valence-corrected chi connectivity index (χ3v) is 2.68. The van der Waals surface area contributed by atoms with Crippen molar-refractivity contribution in [2.45, 2.75) is 20.0 Å². The van der Waals surface area contributed by atoms with E-state index in [2.05, 4.69) is 0 Å². The van der Waals surface area contributed by atoms with Crippen LogP contribution in [0.4, 0.5) is 0 Å². The minimum Gasteiger partial charge on any atom is -0.457 e. The van der Waals surface area contributed by atoms with Gasteiger partial charge in [-0.05, 0) is 43.2 Å². The number of aryl methyl sites for hydroxylation is 1. The van der Waals surface area contributed by atoms with Crippen LogP contribution in [0.15, 0.2) is 48.5 Å². The van der Waals surface area contributed by atoms with Gasteiger partial charge in [0.05, 0.1) is 6.10 Å². The molecule has 1 N–H and O–H groups in total. The molecule has 88 valence electrons. The highest BCUT2D eigenvalue weighted by Gasteiger charge is 2.02. The van der Waals surface area contributed by atoms with Crippen molar-refractivity contribution in [1.82, 2.24) is 0 Å². The van der Waals surface area contributed by atoms with Gasteiger partial charge in [0.15, 0.2) is 0 Å². The summed E-state index contributed by atoms with van der Waals surface area (Å²) in [6, 6.07) is 15.4. The van der Waals surface area contributed by atoms with Crippen molar-refractivity contribution in [2.24, 2.45) is 0 Å². The topological polar surface area (TPSA) is 29.5 Å². The molecule has 2 heteroatoms.